The smallest absolute Gasteiger partial charge is 0.348 e. The van der Waals surface area contributed by atoms with Crippen LogP contribution < -0.4 is 10.9 Å². The Kier molecular flexibility index (Phi) is 6.12. The van der Waals surface area contributed by atoms with Crippen LogP contribution in [-0.4, -0.2) is 46.7 Å². The summed E-state index contributed by atoms with van der Waals surface area (Å²) in [5.41, 5.74) is 0.0882. The van der Waals surface area contributed by atoms with Crippen molar-refractivity contribution < 1.29 is 19.1 Å². The van der Waals surface area contributed by atoms with Crippen molar-refractivity contribution >= 4 is 39.2 Å². The van der Waals surface area contributed by atoms with E-state index in [2.05, 4.69) is 15.3 Å². The number of nitrogens with one attached hydrogen (secondary N) is 1. The first-order valence-corrected chi connectivity index (χ1v) is 9.18. The van der Waals surface area contributed by atoms with E-state index in [9.17, 15) is 14.4 Å². The van der Waals surface area contributed by atoms with Crippen molar-refractivity contribution in [3.63, 3.8) is 0 Å². The minimum atomic E-state index is -0.531. The maximum atomic E-state index is 12.8. The number of nitrogens with zero attached hydrogens (tertiary/aromatic N) is 3. The molecule has 0 aliphatic rings. The van der Waals surface area contributed by atoms with E-state index in [4.69, 9.17) is 9.47 Å². The van der Waals surface area contributed by atoms with Gasteiger partial charge in [0.15, 0.2) is 0 Å². The van der Waals surface area contributed by atoms with Crippen molar-refractivity contribution in [2.75, 3.05) is 25.6 Å². The zero-order valence-corrected chi connectivity index (χ0v) is 16.1. The Hall–Kier alpha value is -3.11. The van der Waals surface area contributed by atoms with E-state index in [1.54, 1.807) is 31.3 Å². The van der Waals surface area contributed by atoms with Crippen LogP contribution in [0.1, 0.15) is 15.2 Å². The molecule has 146 valence electrons. The molecule has 10 heteroatoms. The summed E-state index contributed by atoms with van der Waals surface area (Å²) in [6.07, 6.45) is 2.84. The molecule has 3 aromatic heterocycles. The quantitative estimate of drug-likeness (QED) is 0.472. The van der Waals surface area contributed by atoms with Gasteiger partial charge in [-0.1, -0.05) is 6.07 Å². The standard InChI is InChI=1S/C18H18N4O5S/c1-11-14-16(28-15(11)18(25)27-8-7-26-2)20-10-22(17(14)24)9-13(23)21-12-5-3-4-6-19-12/h3-6,10H,7-9H2,1-2H3,(H,19,21,23). The van der Waals surface area contributed by atoms with E-state index in [1.165, 1.54) is 18.0 Å². The van der Waals surface area contributed by atoms with Gasteiger partial charge in [0.05, 0.1) is 18.3 Å². The third-order valence-electron chi connectivity index (χ3n) is 3.87. The number of esters is 1. The lowest BCUT2D eigenvalue weighted by molar-refractivity contribution is -0.116. The Labute approximate surface area is 163 Å². The average molecular weight is 402 g/mol. The summed E-state index contributed by atoms with van der Waals surface area (Å²) < 4.78 is 11.2. The van der Waals surface area contributed by atoms with Gasteiger partial charge in [0.25, 0.3) is 5.56 Å². The summed E-state index contributed by atoms with van der Waals surface area (Å²) in [6, 6.07) is 5.12. The van der Waals surface area contributed by atoms with Gasteiger partial charge in [-0.25, -0.2) is 14.8 Å². The molecule has 0 spiro atoms. The number of carbonyl (C=O) groups excluding carboxylic acids is 2. The van der Waals surface area contributed by atoms with Gasteiger partial charge in [-0.2, -0.15) is 0 Å². The SMILES string of the molecule is COCCOC(=O)c1sc2ncn(CC(=O)Nc3ccccn3)c(=O)c2c1C. The van der Waals surface area contributed by atoms with Crippen molar-refractivity contribution in [1.29, 1.82) is 0 Å². The first-order chi connectivity index (χ1) is 13.5. The number of amides is 1. The number of hydrogen-bond acceptors (Lipinski definition) is 8. The van der Waals surface area contributed by atoms with E-state index in [0.29, 0.717) is 26.5 Å². The second kappa shape index (κ2) is 8.72. The van der Waals surface area contributed by atoms with Gasteiger partial charge in [0.1, 0.15) is 28.7 Å². The number of ether oxygens (including phenoxy) is 2. The van der Waals surface area contributed by atoms with Gasteiger partial charge in [-0.3, -0.25) is 14.2 Å². The predicted octanol–water partition coefficient (Wildman–Crippen LogP) is 1.60. The van der Waals surface area contributed by atoms with Crippen molar-refractivity contribution in [2.45, 2.75) is 13.5 Å². The Morgan fingerprint density at radius 2 is 2.07 bits per heavy atom. The summed E-state index contributed by atoms with van der Waals surface area (Å²) in [5, 5.41) is 2.91. The van der Waals surface area contributed by atoms with Crippen LogP contribution >= 0.6 is 11.3 Å². The molecule has 0 saturated heterocycles. The van der Waals surface area contributed by atoms with E-state index >= 15 is 0 Å². The molecule has 0 unspecified atom stereocenters. The van der Waals surface area contributed by atoms with Crippen molar-refractivity contribution in [1.82, 2.24) is 14.5 Å². The summed E-state index contributed by atoms with van der Waals surface area (Å²) in [5.74, 6) is -0.548. The maximum absolute atomic E-state index is 12.8. The van der Waals surface area contributed by atoms with Gasteiger partial charge in [-0.05, 0) is 24.6 Å². The van der Waals surface area contributed by atoms with Crippen LogP contribution in [0.2, 0.25) is 0 Å². The van der Waals surface area contributed by atoms with Gasteiger partial charge < -0.3 is 14.8 Å². The first-order valence-electron chi connectivity index (χ1n) is 8.36. The fourth-order valence-electron chi connectivity index (χ4n) is 2.52. The van der Waals surface area contributed by atoms with Gasteiger partial charge in [-0.15, -0.1) is 11.3 Å². The molecule has 1 N–H and O–H groups in total. The highest BCUT2D eigenvalue weighted by Gasteiger charge is 2.21. The van der Waals surface area contributed by atoms with E-state index in [0.717, 1.165) is 11.3 Å². The molecule has 0 radical (unpaired) electrons. The molecule has 0 aromatic carbocycles. The third-order valence-corrected chi connectivity index (χ3v) is 5.05. The predicted molar refractivity (Wildman–Crippen MR) is 104 cm³/mol. The highest BCUT2D eigenvalue weighted by molar-refractivity contribution is 7.20. The Balaban J connectivity index is 1.82. The Morgan fingerprint density at radius 1 is 1.25 bits per heavy atom. The second-order valence-corrected chi connectivity index (χ2v) is 6.80. The molecule has 28 heavy (non-hydrogen) atoms. The third kappa shape index (κ3) is 4.24. The minimum Gasteiger partial charge on any atom is -0.459 e. The number of aromatic nitrogens is 3. The van der Waals surface area contributed by atoms with E-state index < -0.39 is 17.4 Å². The largest absolute Gasteiger partial charge is 0.459 e. The number of thiophene rings is 1. The van der Waals surface area contributed by atoms with Gasteiger partial charge >= 0.3 is 5.97 Å². The lowest BCUT2D eigenvalue weighted by Crippen LogP contribution is -2.28. The minimum absolute atomic E-state index is 0.119. The van der Waals surface area contributed by atoms with Crippen LogP contribution in [0, 0.1) is 6.92 Å². The zero-order valence-electron chi connectivity index (χ0n) is 15.3. The van der Waals surface area contributed by atoms with Crippen LogP contribution in [0.5, 0.6) is 0 Å². The summed E-state index contributed by atoms with van der Waals surface area (Å²) in [6.45, 7) is 1.84. The number of rotatable bonds is 7. The molecule has 0 saturated carbocycles. The number of anilines is 1. The summed E-state index contributed by atoms with van der Waals surface area (Å²) in [7, 11) is 1.51. The fourth-order valence-corrected chi connectivity index (χ4v) is 3.56. The second-order valence-electron chi connectivity index (χ2n) is 5.81. The van der Waals surface area contributed by atoms with Crippen molar-refractivity contribution in [3.05, 3.63) is 51.5 Å². The number of carbonyl (C=O) groups is 2. The summed E-state index contributed by atoms with van der Waals surface area (Å²) in [4.78, 5) is 46.2. The monoisotopic (exact) mass is 402 g/mol. The molecule has 0 bridgehead atoms. The zero-order chi connectivity index (χ0) is 20.1. The van der Waals surface area contributed by atoms with E-state index in [1.807, 2.05) is 0 Å². The van der Waals surface area contributed by atoms with Crippen molar-refractivity contribution in [2.24, 2.45) is 0 Å². The molecule has 0 atom stereocenters. The average Bonchev–Trinajstić information content (AvgIpc) is 3.02. The van der Waals surface area contributed by atoms with Crippen LogP contribution in [0.3, 0.4) is 0 Å². The van der Waals surface area contributed by atoms with E-state index in [-0.39, 0.29) is 19.8 Å². The number of hydrogen-bond donors (Lipinski definition) is 1. The fraction of sp³-hybridized carbons (Fsp3) is 0.278. The maximum Gasteiger partial charge on any atom is 0.348 e. The topological polar surface area (TPSA) is 112 Å². The number of fused-ring (bicyclic) bond motifs is 1. The van der Waals surface area contributed by atoms with Crippen LogP contribution in [-0.2, 0) is 20.8 Å². The number of pyridine rings is 1. The molecule has 9 nitrogen and oxygen atoms in total. The van der Waals surface area contributed by atoms with Crippen LogP contribution in [0.4, 0.5) is 5.82 Å². The lowest BCUT2D eigenvalue weighted by atomic mass is 10.2. The number of aryl methyl sites for hydroxylation is 1. The normalized spacial score (nSPS) is 10.8. The van der Waals surface area contributed by atoms with Gasteiger partial charge in [0, 0.05) is 13.3 Å². The molecule has 0 aliphatic heterocycles. The van der Waals surface area contributed by atoms with Crippen molar-refractivity contribution in [3.8, 4) is 0 Å². The molecule has 0 aliphatic carbocycles. The van der Waals surface area contributed by atoms with Crippen LogP contribution in [0.15, 0.2) is 35.5 Å². The van der Waals surface area contributed by atoms with Gasteiger partial charge in [0.2, 0.25) is 5.91 Å². The molecule has 3 aromatic rings. The summed E-state index contributed by atoms with van der Waals surface area (Å²) >= 11 is 1.08. The van der Waals surface area contributed by atoms with Crippen LogP contribution in [0.25, 0.3) is 10.2 Å². The molecule has 1 amide bonds. The highest BCUT2D eigenvalue weighted by atomic mass is 32.1. The molecule has 0 fully saturated rings. The highest BCUT2D eigenvalue weighted by Crippen LogP contribution is 2.27. The molecular weight excluding hydrogens is 384 g/mol. The number of methoxy groups -OCH3 is 1. The molecule has 3 rings (SSSR count). The molecular formula is C18H18N4O5S. The molecule has 3 heterocycles. The Morgan fingerprint density at radius 3 is 2.79 bits per heavy atom. The first kappa shape index (κ1) is 19.6. The Bertz CT molecular complexity index is 1060. The lowest BCUT2D eigenvalue weighted by Gasteiger charge is -2.06.